The highest BCUT2D eigenvalue weighted by atomic mass is 16.4. The summed E-state index contributed by atoms with van der Waals surface area (Å²) in [5, 5.41) is 30.4. The van der Waals surface area contributed by atoms with E-state index in [0.717, 1.165) is 5.56 Å². The average molecular weight is 246 g/mol. The van der Waals surface area contributed by atoms with E-state index in [-0.39, 0.29) is 12.1 Å². The van der Waals surface area contributed by atoms with Crippen molar-refractivity contribution < 1.29 is 15.1 Å². The van der Waals surface area contributed by atoms with Gasteiger partial charge in [0, 0.05) is 12.0 Å². The van der Waals surface area contributed by atoms with Crippen molar-refractivity contribution in [3.63, 3.8) is 0 Å². The molecule has 0 aliphatic carbocycles. The third-order valence-corrected chi connectivity index (χ3v) is 2.37. The number of H-pyrrole nitrogens is 1. The summed E-state index contributed by atoms with van der Waals surface area (Å²) in [6.07, 6.45) is -0.105. The average Bonchev–Trinajstić information content (AvgIpc) is 2.84. The molecule has 18 heavy (non-hydrogen) atoms. The molecule has 0 aliphatic rings. The summed E-state index contributed by atoms with van der Waals surface area (Å²) in [7, 11) is 0. The maximum absolute atomic E-state index is 10.8. The smallest absolute Gasteiger partial charge is 0.354 e. The maximum Gasteiger partial charge on any atom is 0.354 e. The van der Waals surface area contributed by atoms with Crippen LogP contribution in [0.2, 0.25) is 0 Å². The number of hydrogen-bond donors (Lipinski definition) is 3. The Morgan fingerprint density at radius 3 is 2.61 bits per heavy atom. The molecule has 0 saturated carbocycles. The lowest BCUT2D eigenvalue weighted by atomic mass is 10.1. The fraction of sp³-hybridized carbons (Fsp3) is 0.0909. The predicted octanol–water partition coefficient (Wildman–Crippen LogP) is 0.929. The van der Waals surface area contributed by atoms with E-state index in [9.17, 15) is 4.79 Å². The van der Waals surface area contributed by atoms with Crippen LogP contribution in [0, 0.1) is 0 Å². The summed E-state index contributed by atoms with van der Waals surface area (Å²) in [5.74, 6) is -1.29. The second-order valence-corrected chi connectivity index (χ2v) is 3.51. The van der Waals surface area contributed by atoms with Gasteiger partial charge >= 0.3 is 5.97 Å². The number of carboxylic acid groups (broad SMARTS) is 1. The number of carboxylic acids is 1. The Bertz CT molecular complexity index is 577. The van der Waals surface area contributed by atoms with Crippen molar-refractivity contribution >= 4 is 11.7 Å². The van der Waals surface area contributed by atoms with Gasteiger partial charge in [0.15, 0.2) is 5.71 Å². The Balaban J connectivity index is 2.32. The minimum atomic E-state index is -1.29. The first-order valence-electron chi connectivity index (χ1n) is 5.11. The van der Waals surface area contributed by atoms with Gasteiger partial charge in [-0.05, 0) is 0 Å². The normalized spacial score (nSPS) is 11.4. The number of nitrogens with one attached hydrogen (secondary N) is 1. The second-order valence-electron chi connectivity index (χ2n) is 3.51. The van der Waals surface area contributed by atoms with Crippen LogP contribution in [0.4, 0.5) is 0 Å². The van der Waals surface area contributed by atoms with Crippen LogP contribution in [0.15, 0.2) is 35.5 Å². The highest BCUT2D eigenvalue weighted by molar-refractivity contribution is 6.35. The van der Waals surface area contributed by atoms with Gasteiger partial charge in [0.25, 0.3) is 0 Å². The van der Waals surface area contributed by atoms with Crippen molar-refractivity contribution in [2.45, 2.75) is 6.42 Å². The molecule has 0 fully saturated rings. The van der Waals surface area contributed by atoms with Gasteiger partial charge in [-0.15, -0.1) is 0 Å². The van der Waals surface area contributed by atoms with E-state index in [2.05, 4.69) is 20.6 Å². The first-order chi connectivity index (χ1) is 8.72. The van der Waals surface area contributed by atoms with Gasteiger partial charge in [-0.2, -0.15) is 15.4 Å². The number of benzene rings is 1. The van der Waals surface area contributed by atoms with E-state index in [0.29, 0.717) is 11.4 Å². The van der Waals surface area contributed by atoms with E-state index in [4.69, 9.17) is 10.3 Å². The largest absolute Gasteiger partial charge is 0.477 e. The first kappa shape index (κ1) is 11.8. The molecule has 92 valence electrons. The predicted molar refractivity (Wildman–Crippen MR) is 62.4 cm³/mol. The van der Waals surface area contributed by atoms with Crippen LogP contribution in [-0.2, 0) is 11.2 Å². The molecular formula is C11H10N4O3. The fourth-order valence-electron chi connectivity index (χ4n) is 1.52. The van der Waals surface area contributed by atoms with E-state index in [1.807, 2.05) is 30.3 Å². The molecule has 3 N–H and O–H groups in total. The molecule has 0 unspecified atom stereocenters. The molecule has 0 bridgehead atoms. The van der Waals surface area contributed by atoms with Gasteiger partial charge < -0.3 is 10.3 Å². The van der Waals surface area contributed by atoms with E-state index < -0.39 is 5.97 Å². The minimum Gasteiger partial charge on any atom is -0.477 e. The van der Waals surface area contributed by atoms with Gasteiger partial charge in [0.2, 0.25) is 0 Å². The Morgan fingerprint density at radius 2 is 2.00 bits per heavy atom. The summed E-state index contributed by atoms with van der Waals surface area (Å²) in [6, 6.07) is 9.20. The molecule has 0 amide bonds. The molecule has 0 aliphatic heterocycles. The number of oxime groups is 1. The van der Waals surface area contributed by atoms with E-state index in [1.165, 1.54) is 0 Å². The molecule has 7 nitrogen and oxygen atoms in total. The number of aliphatic carboxylic acids is 1. The minimum absolute atomic E-state index is 0.105. The van der Waals surface area contributed by atoms with Gasteiger partial charge in [0.05, 0.1) is 5.69 Å². The van der Waals surface area contributed by atoms with Gasteiger partial charge in [-0.1, -0.05) is 35.5 Å². The van der Waals surface area contributed by atoms with Crippen molar-refractivity contribution in [3.8, 4) is 11.3 Å². The van der Waals surface area contributed by atoms with E-state index >= 15 is 0 Å². The zero-order valence-corrected chi connectivity index (χ0v) is 9.24. The third kappa shape index (κ3) is 2.34. The lowest BCUT2D eigenvalue weighted by Crippen LogP contribution is -2.16. The van der Waals surface area contributed by atoms with Crippen LogP contribution >= 0.6 is 0 Å². The Kier molecular flexibility index (Phi) is 3.33. The molecule has 7 heteroatoms. The van der Waals surface area contributed by atoms with Gasteiger partial charge in [-0.25, -0.2) is 4.79 Å². The first-order valence-corrected chi connectivity index (χ1v) is 5.11. The van der Waals surface area contributed by atoms with Crippen molar-refractivity contribution in [2.24, 2.45) is 5.16 Å². The second kappa shape index (κ2) is 5.09. The number of aromatic amines is 1. The summed E-state index contributed by atoms with van der Waals surface area (Å²) >= 11 is 0. The van der Waals surface area contributed by atoms with Crippen molar-refractivity contribution in [1.29, 1.82) is 0 Å². The molecule has 0 atom stereocenters. The number of hydrogen-bond acceptors (Lipinski definition) is 5. The van der Waals surface area contributed by atoms with Gasteiger partial charge in [-0.3, -0.25) is 0 Å². The Labute approximate surface area is 102 Å². The van der Waals surface area contributed by atoms with Crippen molar-refractivity contribution in [3.05, 3.63) is 36.0 Å². The number of nitrogens with zero attached hydrogens (tertiary/aromatic N) is 3. The van der Waals surface area contributed by atoms with Crippen molar-refractivity contribution in [1.82, 2.24) is 15.4 Å². The molecule has 1 aromatic carbocycles. The standard InChI is InChI=1S/C11H10N4O3/c16-11(17)9(14-18)6-8-10(13-15-12-8)7-4-2-1-3-5-7/h1-5,18H,6H2,(H,16,17)(H,12,13,15). The van der Waals surface area contributed by atoms with Crippen LogP contribution in [0.25, 0.3) is 11.3 Å². The molecule has 1 aromatic heterocycles. The molecule has 2 aromatic rings. The summed E-state index contributed by atoms with van der Waals surface area (Å²) in [4.78, 5) is 10.8. The number of rotatable bonds is 4. The quantitative estimate of drug-likeness (QED) is 0.422. The SMILES string of the molecule is O=C(O)C(Cc1n[nH]nc1-c1ccccc1)=NO. The number of carbonyl (C=O) groups is 1. The fourth-order valence-corrected chi connectivity index (χ4v) is 1.52. The zero-order valence-electron chi connectivity index (χ0n) is 9.24. The maximum atomic E-state index is 10.8. The molecule has 1 heterocycles. The Morgan fingerprint density at radius 1 is 1.28 bits per heavy atom. The zero-order chi connectivity index (χ0) is 13.0. The summed E-state index contributed by atoms with van der Waals surface area (Å²) in [6.45, 7) is 0. The molecule has 0 spiro atoms. The van der Waals surface area contributed by atoms with E-state index in [1.54, 1.807) is 0 Å². The van der Waals surface area contributed by atoms with Crippen LogP contribution in [0.5, 0.6) is 0 Å². The monoisotopic (exact) mass is 246 g/mol. The van der Waals surface area contributed by atoms with Crippen LogP contribution in [0.1, 0.15) is 5.69 Å². The summed E-state index contributed by atoms with van der Waals surface area (Å²) in [5.41, 5.74) is 1.37. The van der Waals surface area contributed by atoms with Crippen molar-refractivity contribution in [2.75, 3.05) is 0 Å². The molecular weight excluding hydrogens is 236 g/mol. The lowest BCUT2D eigenvalue weighted by molar-refractivity contribution is -0.129. The van der Waals surface area contributed by atoms with Crippen LogP contribution in [0.3, 0.4) is 0 Å². The lowest BCUT2D eigenvalue weighted by Gasteiger charge is -2.00. The third-order valence-electron chi connectivity index (χ3n) is 2.37. The topological polar surface area (TPSA) is 111 Å². The van der Waals surface area contributed by atoms with Gasteiger partial charge in [0.1, 0.15) is 5.69 Å². The Hall–Kier alpha value is -2.70. The number of aromatic nitrogens is 3. The van der Waals surface area contributed by atoms with Crippen LogP contribution in [-0.4, -0.2) is 37.4 Å². The highest BCUT2D eigenvalue weighted by Gasteiger charge is 2.17. The molecule has 0 saturated heterocycles. The van der Waals surface area contributed by atoms with Crippen LogP contribution < -0.4 is 0 Å². The molecule has 0 radical (unpaired) electrons. The summed E-state index contributed by atoms with van der Waals surface area (Å²) < 4.78 is 0. The highest BCUT2D eigenvalue weighted by Crippen LogP contribution is 2.19. The molecule has 2 rings (SSSR count).